The Morgan fingerprint density at radius 2 is 1.58 bits per heavy atom. The summed E-state index contributed by atoms with van der Waals surface area (Å²) in [7, 11) is 0. The van der Waals surface area contributed by atoms with Crippen molar-refractivity contribution in [2.75, 3.05) is 0 Å². The quantitative estimate of drug-likeness (QED) is 0.363. The van der Waals surface area contributed by atoms with Crippen molar-refractivity contribution in [3.05, 3.63) is 108 Å². The molecule has 1 amide bonds. The van der Waals surface area contributed by atoms with Gasteiger partial charge in [-0.2, -0.15) is 0 Å². The van der Waals surface area contributed by atoms with Gasteiger partial charge in [-0.15, -0.1) is 10.2 Å². The fourth-order valence-electron chi connectivity index (χ4n) is 3.91. The molecule has 0 bridgehead atoms. The number of nitrogens with zero attached hydrogens (tertiary/aromatic N) is 2. The third-order valence-electron chi connectivity index (χ3n) is 5.74. The van der Waals surface area contributed by atoms with Gasteiger partial charge in [0, 0.05) is 24.6 Å². The molecule has 0 aliphatic heterocycles. The van der Waals surface area contributed by atoms with Crippen LogP contribution in [0.3, 0.4) is 0 Å². The molecule has 33 heavy (non-hydrogen) atoms. The molecule has 4 aromatic carbocycles. The van der Waals surface area contributed by atoms with Gasteiger partial charge >= 0.3 is 0 Å². The van der Waals surface area contributed by atoms with Gasteiger partial charge in [0.15, 0.2) is 0 Å². The number of carbonyl (C=O) groups excluding carboxylic acids is 1. The maximum atomic E-state index is 12.7. The largest absolute Gasteiger partial charge is 0.421 e. The van der Waals surface area contributed by atoms with Crippen molar-refractivity contribution in [1.82, 2.24) is 15.5 Å². The number of hydrogen-bond acceptors (Lipinski definition) is 4. The van der Waals surface area contributed by atoms with Crippen molar-refractivity contribution < 1.29 is 9.21 Å². The molecule has 5 rings (SSSR count). The summed E-state index contributed by atoms with van der Waals surface area (Å²) in [5, 5.41) is 13.4. The molecular formula is C28H23N3O2. The number of nitrogens with one attached hydrogen (secondary N) is 1. The Kier molecular flexibility index (Phi) is 5.45. The summed E-state index contributed by atoms with van der Waals surface area (Å²) in [6.45, 7) is 4.31. The van der Waals surface area contributed by atoms with Crippen molar-refractivity contribution in [2.24, 2.45) is 0 Å². The third kappa shape index (κ3) is 4.39. The molecule has 1 heterocycles. The van der Waals surface area contributed by atoms with Crippen LogP contribution in [-0.2, 0) is 6.54 Å². The Hall–Kier alpha value is -4.25. The zero-order valence-corrected chi connectivity index (χ0v) is 18.5. The van der Waals surface area contributed by atoms with E-state index in [2.05, 4.69) is 46.7 Å². The maximum Gasteiger partial charge on any atom is 0.251 e. The highest BCUT2D eigenvalue weighted by atomic mass is 16.4. The fraction of sp³-hybridized carbons (Fsp3) is 0.107. The molecule has 0 fully saturated rings. The molecule has 5 heteroatoms. The summed E-state index contributed by atoms with van der Waals surface area (Å²) in [4.78, 5) is 12.7. The van der Waals surface area contributed by atoms with Crippen LogP contribution in [0, 0.1) is 13.8 Å². The van der Waals surface area contributed by atoms with Gasteiger partial charge in [0.2, 0.25) is 11.8 Å². The molecule has 1 aromatic heterocycles. The normalized spacial score (nSPS) is 11.0. The van der Waals surface area contributed by atoms with Crippen LogP contribution in [-0.4, -0.2) is 16.1 Å². The van der Waals surface area contributed by atoms with E-state index in [4.69, 9.17) is 4.42 Å². The first-order valence-corrected chi connectivity index (χ1v) is 10.8. The van der Waals surface area contributed by atoms with Gasteiger partial charge in [-0.25, -0.2) is 0 Å². The minimum Gasteiger partial charge on any atom is -0.421 e. The van der Waals surface area contributed by atoms with Crippen LogP contribution < -0.4 is 5.32 Å². The second-order valence-corrected chi connectivity index (χ2v) is 8.10. The number of rotatable bonds is 5. The number of fused-ring (bicyclic) bond motifs is 1. The molecule has 0 unspecified atom stereocenters. The lowest BCUT2D eigenvalue weighted by Gasteiger charge is -2.10. The molecule has 0 spiro atoms. The lowest BCUT2D eigenvalue weighted by molar-refractivity contribution is 0.0951. The Morgan fingerprint density at radius 3 is 2.33 bits per heavy atom. The molecule has 0 atom stereocenters. The molecule has 0 radical (unpaired) electrons. The first-order valence-electron chi connectivity index (χ1n) is 10.8. The van der Waals surface area contributed by atoms with Crippen molar-refractivity contribution in [1.29, 1.82) is 0 Å². The average molecular weight is 434 g/mol. The molecule has 0 aliphatic carbocycles. The van der Waals surface area contributed by atoms with Crippen LogP contribution in [0.1, 0.15) is 27.4 Å². The average Bonchev–Trinajstić information content (AvgIpc) is 3.29. The Bertz CT molecular complexity index is 1450. The zero-order chi connectivity index (χ0) is 22.8. The smallest absolute Gasteiger partial charge is 0.251 e. The van der Waals surface area contributed by atoms with Crippen LogP contribution in [0.4, 0.5) is 0 Å². The topological polar surface area (TPSA) is 68.0 Å². The predicted octanol–water partition coefficient (Wildman–Crippen LogP) is 6.10. The minimum atomic E-state index is -0.0958. The van der Waals surface area contributed by atoms with Crippen LogP contribution >= 0.6 is 0 Å². The van der Waals surface area contributed by atoms with Gasteiger partial charge in [-0.1, -0.05) is 54.6 Å². The summed E-state index contributed by atoms with van der Waals surface area (Å²) in [5.74, 6) is 0.936. The van der Waals surface area contributed by atoms with Crippen LogP contribution in [0.15, 0.2) is 89.3 Å². The maximum absolute atomic E-state index is 12.7. The predicted molar refractivity (Wildman–Crippen MR) is 130 cm³/mol. The van der Waals surface area contributed by atoms with Crippen molar-refractivity contribution in [2.45, 2.75) is 20.4 Å². The molecule has 0 saturated carbocycles. The highest BCUT2D eigenvalue weighted by molar-refractivity contribution is 5.95. The van der Waals surface area contributed by atoms with Crippen molar-refractivity contribution >= 4 is 16.7 Å². The number of carbonyl (C=O) groups is 1. The van der Waals surface area contributed by atoms with Crippen molar-refractivity contribution in [3.63, 3.8) is 0 Å². The van der Waals surface area contributed by atoms with Gasteiger partial charge in [-0.05, 0) is 70.3 Å². The fourth-order valence-corrected chi connectivity index (χ4v) is 3.91. The monoisotopic (exact) mass is 433 g/mol. The third-order valence-corrected chi connectivity index (χ3v) is 5.74. The van der Waals surface area contributed by atoms with Crippen molar-refractivity contribution in [3.8, 4) is 22.6 Å². The molecule has 5 nitrogen and oxygen atoms in total. The van der Waals surface area contributed by atoms with E-state index in [-0.39, 0.29) is 5.91 Å². The lowest BCUT2D eigenvalue weighted by Crippen LogP contribution is -2.22. The van der Waals surface area contributed by atoms with E-state index < -0.39 is 0 Å². The SMILES string of the molecule is Cc1nnc(-c2ccc(C)c(-c3ccc(C(=O)NCc4ccc5ccccc5c4)cc3)c2)o1. The standard InChI is InChI=1S/C28H23N3O2/c1-18-7-9-25(28-31-30-19(2)33-28)16-26(18)22-11-13-23(14-12-22)27(32)29-17-20-8-10-21-5-3-4-6-24(21)15-20/h3-16H,17H2,1-2H3,(H,29,32). The molecular weight excluding hydrogens is 410 g/mol. The molecule has 5 aromatic rings. The van der Waals surface area contributed by atoms with E-state index in [0.29, 0.717) is 23.9 Å². The highest BCUT2D eigenvalue weighted by Crippen LogP contribution is 2.29. The van der Waals surface area contributed by atoms with Gasteiger partial charge in [-0.3, -0.25) is 4.79 Å². The number of amides is 1. The summed E-state index contributed by atoms with van der Waals surface area (Å²) < 4.78 is 5.56. The van der Waals surface area contributed by atoms with E-state index in [0.717, 1.165) is 27.8 Å². The Labute approximate surface area is 192 Å². The molecule has 0 aliphatic rings. The van der Waals surface area contributed by atoms with E-state index in [9.17, 15) is 4.79 Å². The van der Waals surface area contributed by atoms with Crippen LogP contribution in [0.5, 0.6) is 0 Å². The number of hydrogen-bond donors (Lipinski definition) is 1. The van der Waals surface area contributed by atoms with E-state index in [1.807, 2.05) is 60.7 Å². The second kappa shape index (κ2) is 8.71. The van der Waals surface area contributed by atoms with Crippen LogP contribution in [0.25, 0.3) is 33.4 Å². The first kappa shape index (κ1) is 20.6. The first-order chi connectivity index (χ1) is 16.1. The highest BCUT2D eigenvalue weighted by Gasteiger charge is 2.11. The van der Waals surface area contributed by atoms with Gasteiger partial charge in [0.1, 0.15) is 0 Å². The van der Waals surface area contributed by atoms with Gasteiger partial charge < -0.3 is 9.73 Å². The van der Waals surface area contributed by atoms with E-state index >= 15 is 0 Å². The zero-order valence-electron chi connectivity index (χ0n) is 18.5. The van der Waals surface area contributed by atoms with Gasteiger partial charge in [0.25, 0.3) is 5.91 Å². The van der Waals surface area contributed by atoms with Gasteiger partial charge in [0.05, 0.1) is 0 Å². The number of aromatic nitrogens is 2. The summed E-state index contributed by atoms with van der Waals surface area (Å²) >= 11 is 0. The Morgan fingerprint density at radius 1 is 0.818 bits per heavy atom. The summed E-state index contributed by atoms with van der Waals surface area (Å²) in [5.41, 5.74) is 5.78. The second-order valence-electron chi connectivity index (χ2n) is 8.10. The number of benzene rings is 4. The van der Waals surface area contributed by atoms with E-state index in [1.54, 1.807) is 6.92 Å². The molecule has 1 N–H and O–H groups in total. The number of aryl methyl sites for hydroxylation is 2. The Balaban J connectivity index is 1.31. The minimum absolute atomic E-state index is 0.0958. The summed E-state index contributed by atoms with van der Waals surface area (Å²) in [6.07, 6.45) is 0. The molecule has 0 saturated heterocycles. The van der Waals surface area contributed by atoms with E-state index in [1.165, 1.54) is 10.8 Å². The molecule has 162 valence electrons. The summed E-state index contributed by atoms with van der Waals surface area (Å²) in [6, 6.07) is 28.1. The van der Waals surface area contributed by atoms with Crippen LogP contribution in [0.2, 0.25) is 0 Å². The lowest BCUT2D eigenvalue weighted by atomic mass is 9.97.